The third kappa shape index (κ3) is 2.32. The molecule has 0 aliphatic heterocycles. The molecule has 6 heteroatoms. The minimum atomic E-state index is -1.27. The van der Waals surface area contributed by atoms with Gasteiger partial charge in [0, 0.05) is 17.5 Å². The van der Waals surface area contributed by atoms with E-state index in [1.165, 1.54) is 12.1 Å². The fourth-order valence-electron chi connectivity index (χ4n) is 2.46. The fourth-order valence-corrected chi connectivity index (χ4v) is 2.46. The summed E-state index contributed by atoms with van der Waals surface area (Å²) in [4.78, 5) is 46.5. The van der Waals surface area contributed by atoms with E-state index in [0.29, 0.717) is 0 Å². The lowest BCUT2D eigenvalue weighted by molar-refractivity contribution is -0.143. The van der Waals surface area contributed by atoms with Crippen LogP contribution in [-0.4, -0.2) is 28.5 Å². The van der Waals surface area contributed by atoms with E-state index in [4.69, 9.17) is 5.73 Å². The van der Waals surface area contributed by atoms with E-state index >= 15 is 0 Å². The van der Waals surface area contributed by atoms with Gasteiger partial charge in [0.2, 0.25) is 5.91 Å². The predicted molar refractivity (Wildman–Crippen MR) is 68.1 cm³/mol. The minimum absolute atomic E-state index is 0.124. The first-order valence-corrected chi connectivity index (χ1v) is 6.12. The van der Waals surface area contributed by atoms with Crippen molar-refractivity contribution in [1.29, 1.82) is 0 Å². The smallest absolute Gasteiger partial charge is 0.307 e. The van der Waals surface area contributed by atoms with Crippen LogP contribution in [0.2, 0.25) is 0 Å². The molecule has 0 fully saturated rings. The van der Waals surface area contributed by atoms with Gasteiger partial charge in [-0.2, -0.15) is 0 Å². The van der Waals surface area contributed by atoms with Crippen molar-refractivity contribution in [3.8, 4) is 0 Å². The van der Waals surface area contributed by atoms with Crippen molar-refractivity contribution in [1.82, 2.24) is 0 Å². The summed E-state index contributed by atoms with van der Waals surface area (Å²) in [6, 6.07) is 6.24. The second kappa shape index (κ2) is 5.24. The normalized spacial score (nSPS) is 16.0. The average molecular weight is 275 g/mol. The van der Waals surface area contributed by atoms with Gasteiger partial charge in [0.25, 0.3) is 0 Å². The first kappa shape index (κ1) is 13.9. The number of hydrogen-bond acceptors (Lipinski definition) is 4. The number of ketones is 2. The van der Waals surface area contributed by atoms with Crippen LogP contribution in [0.3, 0.4) is 0 Å². The standard InChI is InChI=1S/C14H13NO5/c15-10(16)6-5-9(14(19)20)11-12(17)7-3-1-2-4-8(7)13(11)18/h1-4,9,11H,5-6H2,(H2,15,16)(H,19,20)/t9-/m1/s1. The molecular weight excluding hydrogens is 262 g/mol. The van der Waals surface area contributed by atoms with Crippen LogP contribution in [0.5, 0.6) is 0 Å². The summed E-state index contributed by atoms with van der Waals surface area (Å²) in [5.74, 6) is -5.42. The van der Waals surface area contributed by atoms with Crippen LogP contribution < -0.4 is 5.73 Å². The van der Waals surface area contributed by atoms with E-state index in [2.05, 4.69) is 0 Å². The summed E-state index contributed by atoms with van der Waals surface area (Å²) in [5, 5.41) is 9.20. The maximum atomic E-state index is 12.2. The number of nitrogens with two attached hydrogens (primary N) is 1. The topological polar surface area (TPSA) is 115 Å². The largest absolute Gasteiger partial charge is 0.481 e. The van der Waals surface area contributed by atoms with Gasteiger partial charge in [0.15, 0.2) is 11.6 Å². The van der Waals surface area contributed by atoms with Crippen molar-refractivity contribution >= 4 is 23.4 Å². The zero-order chi connectivity index (χ0) is 14.9. The molecule has 0 saturated carbocycles. The van der Waals surface area contributed by atoms with Gasteiger partial charge in [-0.3, -0.25) is 19.2 Å². The lowest BCUT2D eigenvalue weighted by Crippen LogP contribution is -2.32. The van der Waals surface area contributed by atoms with E-state index in [-0.39, 0.29) is 24.0 Å². The molecule has 1 aliphatic carbocycles. The Balaban J connectivity index is 2.32. The Hall–Kier alpha value is -2.50. The highest BCUT2D eigenvalue weighted by atomic mass is 16.4. The second-order valence-corrected chi connectivity index (χ2v) is 4.70. The molecule has 2 rings (SSSR count). The Kier molecular flexibility index (Phi) is 3.65. The van der Waals surface area contributed by atoms with Gasteiger partial charge >= 0.3 is 5.97 Å². The first-order chi connectivity index (χ1) is 9.43. The number of benzene rings is 1. The number of Topliss-reactive ketones (excluding diaryl/α,β-unsaturated/α-hetero) is 2. The lowest BCUT2D eigenvalue weighted by Gasteiger charge is -2.16. The number of carbonyl (C=O) groups is 4. The Labute approximate surface area is 114 Å². The van der Waals surface area contributed by atoms with Crippen molar-refractivity contribution in [2.45, 2.75) is 12.8 Å². The number of carboxylic acids is 1. The highest BCUT2D eigenvalue weighted by Crippen LogP contribution is 2.33. The van der Waals surface area contributed by atoms with Gasteiger partial charge in [-0.25, -0.2) is 0 Å². The molecule has 0 spiro atoms. The highest BCUT2D eigenvalue weighted by molar-refractivity contribution is 6.27. The summed E-state index contributed by atoms with van der Waals surface area (Å²) in [7, 11) is 0. The van der Waals surface area contributed by atoms with Crippen LogP contribution in [0.15, 0.2) is 24.3 Å². The van der Waals surface area contributed by atoms with Gasteiger partial charge < -0.3 is 10.8 Å². The molecule has 3 N–H and O–H groups in total. The lowest BCUT2D eigenvalue weighted by atomic mass is 9.84. The maximum Gasteiger partial charge on any atom is 0.307 e. The van der Waals surface area contributed by atoms with Crippen molar-refractivity contribution in [2.75, 3.05) is 0 Å². The first-order valence-electron chi connectivity index (χ1n) is 6.12. The van der Waals surface area contributed by atoms with Crippen molar-refractivity contribution in [3.05, 3.63) is 35.4 Å². The fraction of sp³-hybridized carbons (Fsp3) is 0.286. The molecule has 6 nitrogen and oxygen atoms in total. The Morgan fingerprint density at radius 1 is 1.15 bits per heavy atom. The SMILES string of the molecule is NC(=O)CC[C@@H](C(=O)O)C1C(=O)c2ccccc2C1=O. The van der Waals surface area contributed by atoms with Crippen LogP contribution in [0.25, 0.3) is 0 Å². The third-order valence-corrected chi connectivity index (χ3v) is 3.44. The summed E-state index contributed by atoms with van der Waals surface area (Å²) >= 11 is 0. The number of carbonyl (C=O) groups excluding carboxylic acids is 3. The monoisotopic (exact) mass is 275 g/mol. The molecule has 1 aromatic carbocycles. The van der Waals surface area contributed by atoms with E-state index in [1.54, 1.807) is 12.1 Å². The van der Waals surface area contributed by atoms with Crippen LogP contribution in [0, 0.1) is 11.8 Å². The molecule has 0 heterocycles. The molecule has 1 amide bonds. The van der Waals surface area contributed by atoms with E-state index in [0.717, 1.165) is 0 Å². The summed E-state index contributed by atoms with van der Waals surface area (Å²) in [5.41, 5.74) is 5.48. The number of amides is 1. The molecule has 1 aliphatic rings. The van der Waals surface area contributed by atoms with E-state index in [1.807, 2.05) is 0 Å². The average Bonchev–Trinajstić information content (AvgIpc) is 2.64. The van der Waals surface area contributed by atoms with Crippen molar-refractivity contribution in [2.24, 2.45) is 17.6 Å². The van der Waals surface area contributed by atoms with Gasteiger partial charge in [-0.1, -0.05) is 24.3 Å². The van der Waals surface area contributed by atoms with Gasteiger partial charge in [0.1, 0.15) is 0 Å². The molecule has 0 aromatic heterocycles. The van der Waals surface area contributed by atoms with E-state index in [9.17, 15) is 24.3 Å². The van der Waals surface area contributed by atoms with Crippen LogP contribution in [-0.2, 0) is 9.59 Å². The summed E-state index contributed by atoms with van der Waals surface area (Å²) < 4.78 is 0. The number of carboxylic acid groups (broad SMARTS) is 1. The Morgan fingerprint density at radius 2 is 1.65 bits per heavy atom. The molecule has 0 bridgehead atoms. The van der Waals surface area contributed by atoms with Gasteiger partial charge in [-0.15, -0.1) is 0 Å². The number of rotatable bonds is 5. The summed E-state index contributed by atoms with van der Waals surface area (Å²) in [6.07, 6.45) is -0.300. The Morgan fingerprint density at radius 3 is 2.05 bits per heavy atom. The van der Waals surface area contributed by atoms with E-state index < -0.39 is 35.3 Å². The van der Waals surface area contributed by atoms with Crippen molar-refractivity contribution in [3.63, 3.8) is 0 Å². The zero-order valence-corrected chi connectivity index (χ0v) is 10.5. The third-order valence-electron chi connectivity index (χ3n) is 3.44. The predicted octanol–water partition coefficient (Wildman–Crippen LogP) is 0.648. The molecule has 1 atom stereocenters. The minimum Gasteiger partial charge on any atom is -0.481 e. The number of aliphatic carboxylic acids is 1. The number of primary amides is 1. The molecule has 0 radical (unpaired) electrons. The Bertz CT molecular complexity index is 572. The quantitative estimate of drug-likeness (QED) is 0.765. The van der Waals surface area contributed by atoms with Gasteiger partial charge in [0.05, 0.1) is 11.8 Å². The van der Waals surface area contributed by atoms with Crippen molar-refractivity contribution < 1.29 is 24.3 Å². The number of fused-ring (bicyclic) bond motifs is 1. The maximum absolute atomic E-state index is 12.2. The van der Waals surface area contributed by atoms with Crippen LogP contribution in [0.4, 0.5) is 0 Å². The molecular formula is C14H13NO5. The molecule has 0 saturated heterocycles. The number of hydrogen-bond donors (Lipinski definition) is 2. The molecule has 0 unspecified atom stereocenters. The zero-order valence-electron chi connectivity index (χ0n) is 10.5. The second-order valence-electron chi connectivity index (χ2n) is 4.70. The van der Waals surface area contributed by atoms with Crippen LogP contribution in [0.1, 0.15) is 33.6 Å². The molecule has 1 aromatic rings. The summed E-state index contributed by atoms with van der Waals surface area (Å²) in [6.45, 7) is 0. The molecule has 104 valence electrons. The molecule has 20 heavy (non-hydrogen) atoms. The highest BCUT2D eigenvalue weighted by Gasteiger charge is 2.45. The van der Waals surface area contributed by atoms with Gasteiger partial charge in [-0.05, 0) is 6.42 Å². The van der Waals surface area contributed by atoms with Crippen LogP contribution >= 0.6 is 0 Å².